The maximum Gasteiger partial charge on any atom is 0.350 e. The Balaban J connectivity index is 3.15. The van der Waals surface area contributed by atoms with E-state index in [9.17, 15) is 4.79 Å². The molecule has 1 aromatic rings. The summed E-state index contributed by atoms with van der Waals surface area (Å²) in [6, 6.07) is 0. The predicted octanol–water partition coefficient (Wildman–Crippen LogP) is -0.727. The highest BCUT2D eigenvalue weighted by molar-refractivity contribution is 5.33. The van der Waals surface area contributed by atoms with E-state index in [1.165, 1.54) is 0 Å². The van der Waals surface area contributed by atoms with Crippen molar-refractivity contribution in [1.29, 1.82) is 0 Å². The topological polar surface area (TPSA) is 73.9 Å². The lowest BCUT2D eigenvalue weighted by Crippen LogP contribution is -2.21. The summed E-state index contributed by atoms with van der Waals surface area (Å²) in [6.07, 6.45) is 0. The molecule has 1 aromatic heterocycles. The number of nitrogens with zero attached hydrogens (tertiary/aromatic N) is 3. The molecule has 0 saturated carbocycles. The van der Waals surface area contributed by atoms with Crippen molar-refractivity contribution >= 4 is 11.9 Å². The van der Waals surface area contributed by atoms with Crippen LogP contribution >= 0.6 is 0 Å². The monoisotopic (exact) mass is 169 g/mol. The molecule has 0 radical (unpaired) electrons. The van der Waals surface area contributed by atoms with E-state index in [4.69, 9.17) is 0 Å². The van der Waals surface area contributed by atoms with Crippen molar-refractivity contribution in [2.75, 3.05) is 31.4 Å². The highest BCUT2D eigenvalue weighted by Crippen LogP contribution is 2.00. The number of aromatic amines is 1. The second kappa shape index (κ2) is 3.21. The van der Waals surface area contributed by atoms with Gasteiger partial charge in [-0.1, -0.05) is 0 Å². The molecule has 66 valence electrons. The molecule has 0 amide bonds. The Morgan fingerprint density at radius 1 is 1.42 bits per heavy atom. The average molecular weight is 169 g/mol. The van der Waals surface area contributed by atoms with Gasteiger partial charge in [0.05, 0.1) is 0 Å². The third kappa shape index (κ3) is 1.71. The molecule has 0 aliphatic carbocycles. The van der Waals surface area contributed by atoms with E-state index >= 15 is 0 Å². The highest BCUT2D eigenvalue weighted by Gasteiger charge is 2.01. The van der Waals surface area contributed by atoms with Gasteiger partial charge in [0, 0.05) is 21.1 Å². The molecule has 2 N–H and O–H groups in total. The van der Waals surface area contributed by atoms with Crippen LogP contribution < -0.4 is 15.9 Å². The largest absolute Gasteiger partial charge is 0.359 e. The van der Waals surface area contributed by atoms with Crippen LogP contribution in [0.2, 0.25) is 0 Å². The van der Waals surface area contributed by atoms with Gasteiger partial charge in [0.1, 0.15) is 0 Å². The molecule has 1 heterocycles. The maximum absolute atomic E-state index is 10.9. The lowest BCUT2D eigenvalue weighted by Gasteiger charge is -2.09. The van der Waals surface area contributed by atoms with E-state index in [-0.39, 0.29) is 0 Å². The van der Waals surface area contributed by atoms with Crippen LogP contribution in [0, 0.1) is 0 Å². The van der Waals surface area contributed by atoms with Crippen LogP contribution in [-0.4, -0.2) is 36.1 Å². The minimum Gasteiger partial charge on any atom is -0.359 e. The van der Waals surface area contributed by atoms with Gasteiger partial charge in [-0.25, -0.2) is 4.79 Å². The molecular weight excluding hydrogens is 158 g/mol. The van der Waals surface area contributed by atoms with E-state index in [2.05, 4.69) is 20.3 Å². The molecule has 6 nitrogen and oxygen atoms in total. The Bertz CT molecular complexity index is 318. The summed E-state index contributed by atoms with van der Waals surface area (Å²) in [5.41, 5.74) is -0.405. The van der Waals surface area contributed by atoms with Crippen LogP contribution in [0.3, 0.4) is 0 Å². The van der Waals surface area contributed by atoms with Crippen molar-refractivity contribution in [1.82, 2.24) is 15.0 Å². The van der Waals surface area contributed by atoms with Crippen molar-refractivity contribution in [3.8, 4) is 0 Å². The van der Waals surface area contributed by atoms with Crippen molar-refractivity contribution in [2.45, 2.75) is 0 Å². The quantitative estimate of drug-likeness (QED) is 0.610. The number of anilines is 2. The fraction of sp³-hybridized carbons (Fsp3) is 0.500. The SMILES string of the molecule is CNc1nc(N(C)C)nc(=O)[nH]1. The highest BCUT2D eigenvalue weighted by atomic mass is 16.1. The van der Waals surface area contributed by atoms with Crippen LogP contribution in [0.1, 0.15) is 0 Å². The summed E-state index contributed by atoms with van der Waals surface area (Å²) >= 11 is 0. The van der Waals surface area contributed by atoms with Crippen LogP contribution in [-0.2, 0) is 0 Å². The van der Waals surface area contributed by atoms with Crippen molar-refractivity contribution in [2.24, 2.45) is 0 Å². The van der Waals surface area contributed by atoms with Crippen LogP contribution in [0.4, 0.5) is 11.9 Å². The Hall–Kier alpha value is -1.59. The van der Waals surface area contributed by atoms with Gasteiger partial charge < -0.3 is 10.2 Å². The summed E-state index contributed by atoms with van der Waals surface area (Å²) in [6.45, 7) is 0. The average Bonchev–Trinajstić information content (AvgIpc) is 2.03. The number of hydrogen-bond donors (Lipinski definition) is 2. The first-order valence-corrected chi connectivity index (χ1v) is 3.47. The van der Waals surface area contributed by atoms with Crippen molar-refractivity contribution < 1.29 is 0 Å². The normalized spacial score (nSPS) is 9.58. The number of nitrogens with one attached hydrogen (secondary N) is 2. The van der Waals surface area contributed by atoms with Gasteiger partial charge in [0.25, 0.3) is 0 Å². The zero-order valence-corrected chi connectivity index (χ0v) is 7.25. The lowest BCUT2D eigenvalue weighted by atomic mass is 10.8. The lowest BCUT2D eigenvalue weighted by molar-refractivity contribution is 0.925. The minimum atomic E-state index is -0.405. The molecule has 0 saturated heterocycles. The van der Waals surface area contributed by atoms with Gasteiger partial charge in [-0.3, -0.25) is 4.98 Å². The number of rotatable bonds is 2. The standard InChI is InChI=1S/C6H11N5O/c1-7-4-8-5(11(2)3)10-6(12)9-4/h1-3H3,(H2,7,8,9,10,12). The van der Waals surface area contributed by atoms with Gasteiger partial charge in [0.2, 0.25) is 11.9 Å². The number of aromatic nitrogens is 3. The van der Waals surface area contributed by atoms with E-state index < -0.39 is 5.69 Å². The molecule has 1 rings (SSSR count). The molecular formula is C6H11N5O. The first kappa shape index (κ1) is 8.51. The first-order valence-electron chi connectivity index (χ1n) is 3.47. The van der Waals surface area contributed by atoms with E-state index in [1.54, 1.807) is 26.0 Å². The smallest absolute Gasteiger partial charge is 0.350 e. The van der Waals surface area contributed by atoms with Crippen LogP contribution in [0.25, 0.3) is 0 Å². The minimum absolute atomic E-state index is 0.392. The van der Waals surface area contributed by atoms with Gasteiger partial charge >= 0.3 is 5.69 Å². The fourth-order valence-electron chi connectivity index (χ4n) is 0.691. The third-order valence-electron chi connectivity index (χ3n) is 1.28. The third-order valence-corrected chi connectivity index (χ3v) is 1.28. The van der Waals surface area contributed by atoms with Crippen LogP contribution in [0.15, 0.2) is 4.79 Å². The summed E-state index contributed by atoms with van der Waals surface area (Å²) in [4.78, 5) is 22.6. The second-order valence-corrected chi connectivity index (χ2v) is 2.45. The summed E-state index contributed by atoms with van der Waals surface area (Å²) in [5.74, 6) is 0.807. The first-order chi connectivity index (χ1) is 5.63. The Morgan fingerprint density at radius 3 is 2.58 bits per heavy atom. The van der Waals surface area contributed by atoms with Crippen LogP contribution in [0.5, 0.6) is 0 Å². The van der Waals surface area contributed by atoms with Gasteiger partial charge in [-0.2, -0.15) is 9.97 Å². The zero-order valence-electron chi connectivity index (χ0n) is 7.25. The Labute approximate surface area is 69.7 Å². The number of hydrogen-bond acceptors (Lipinski definition) is 5. The molecule has 0 aromatic carbocycles. The maximum atomic E-state index is 10.9. The summed E-state index contributed by atoms with van der Waals surface area (Å²) in [7, 11) is 5.22. The predicted molar refractivity (Wildman–Crippen MR) is 46.5 cm³/mol. The van der Waals surface area contributed by atoms with Crippen molar-refractivity contribution in [3.63, 3.8) is 0 Å². The van der Waals surface area contributed by atoms with Gasteiger partial charge in [0.15, 0.2) is 0 Å². The van der Waals surface area contributed by atoms with Gasteiger partial charge in [-0.05, 0) is 0 Å². The molecule has 0 aliphatic heterocycles. The molecule has 0 unspecified atom stereocenters. The molecule has 0 aliphatic rings. The Morgan fingerprint density at radius 2 is 2.08 bits per heavy atom. The number of H-pyrrole nitrogens is 1. The Kier molecular flexibility index (Phi) is 2.27. The molecule has 0 bridgehead atoms. The molecule has 0 fully saturated rings. The van der Waals surface area contributed by atoms with Gasteiger partial charge in [-0.15, -0.1) is 0 Å². The second-order valence-electron chi connectivity index (χ2n) is 2.45. The van der Waals surface area contributed by atoms with E-state index in [0.717, 1.165) is 0 Å². The zero-order chi connectivity index (χ0) is 9.14. The summed E-state index contributed by atoms with van der Waals surface area (Å²) in [5, 5.41) is 2.73. The molecule has 0 atom stereocenters. The fourth-order valence-corrected chi connectivity index (χ4v) is 0.691. The van der Waals surface area contributed by atoms with E-state index in [1.807, 2.05) is 0 Å². The van der Waals surface area contributed by atoms with Crippen molar-refractivity contribution in [3.05, 3.63) is 10.5 Å². The molecule has 6 heteroatoms. The molecule has 12 heavy (non-hydrogen) atoms. The molecule has 0 spiro atoms. The van der Waals surface area contributed by atoms with E-state index in [0.29, 0.717) is 11.9 Å². The summed E-state index contributed by atoms with van der Waals surface area (Å²) < 4.78 is 0.